The van der Waals surface area contributed by atoms with Crippen molar-refractivity contribution in [2.24, 2.45) is 7.05 Å². The number of nitrogens with one attached hydrogen (secondary N) is 1. The number of carbonyl (C=O) groups excluding carboxylic acids is 1. The van der Waals surface area contributed by atoms with Crippen LogP contribution in [0.25, 0.3) is 11.0 Å². The van der Waals surface area contributed by atoms with Crippen LogP contribution in [0.2, 0.25) is 0 Å². The van der Waals surface area contributed by atoms with E-state index in [2.05, 4.69) is 10.3 Å². The Morgan fingerprint density at radius 2 is 1.81 bits per heavy atom. The Hall–Kier alpha value is -2.97. The predicted molar refractivity (Wildman–Crippen MR) is 88.0 cm³/mol. The number of carbonyl (C=O) groups is 1. The zero-order valence-electron chi connectivity index (χ0n) is 14.3. The molecule has 27 heavy (non-hydrogen) atoms. The highest BCUT2D eigenvalue weighted by Crippen LogP contribution is 2.34. The largest absolute Gasteiger partial charge is 0.422 e. The maximum absolute atomic E-state index is 13.7. The van der Waals surface area contributed by atoms with Crippen molar-refractivity contribution in [2.75, 3.05) is 0 Å². The van der Waals surface area contributed by atoms with Crippen LogP contribution in [-0.2, 0) is 19.8 Å². The Balaban J connectivity index is 1.88. The van der Waals surface area contributed by atoms with E-state index in [1.54, 1.807) is 17.9 Å². The number of aromatic nitrogens is 2. The Kier molecular flexibility index (Phi) is 4.63. The second-order valence-electron chi connectivity index (χ2n) is 6.08. The number of halogens is 5. The summed E-state index contributed by atoms with van der Waals surface area (Å²) in [6.45, 7) is 1.84. The molecule has 3 rings (SSSR count). The zero-order chi connectivity index (χ0) is 19.9. The molecule has 0 saturated carbocycles. The van der Waals surface area contributed by atoms with Gasteiger partial charge in [-0.25, -0.2) is 13.8 Å². The van der Waals surface area contributed by atoms with Crippen LogP contribution in [0.1, 0.15) is 27.0 Å². The molecule has 3 aromatic rings. The van der Waals surface area contributed by atoms with E-state index < -0.39 is 34.8 Å². The van der Waals surface area contributed by atoms with Crippen molar-refractivity contribution in [1.29, 1.82) is 0 Å². The van der Waals surface area contributed by atoms with Crippen LogP contribution in [0.5, 0.6) is 0 Å². The molecule has 0 radical (unpaired) electrons. The van der Waals surface area contributed by atoms with Gasteiger partial charge in [0.1, 0.15) is 17.2 Å². The van der Waals surface area contributed by atoms with Gasteiger partial charge in [-0.2, -0.15) is 13.2 Å². The maximum atomic E-state index is 13.7. The Morgan fingerprint density at radius 3 is 2.41 bits per heavy atom. The van der Waals surface area contributed by atoms with E-state index >= 15 is 0 Å². The summed E-state index contributed by atoms with van der Waals surface area (Å²) in [6.07, 6.45) is -3.58. The molecule has 0 spiro atoms. The molecule has 2 aromatic carbocycles. The fourth-order valence-corrected chi connectivity index (χ4v) is 2.90. The number of aryl methyl sites for hydroxylation is 2. The van der Waals surface area contributed by atoms with Gasteiger partial charge in [0.25, 0.3) is 5.91 Å². The highest BCUT2D eigenvalue weighted by molar-refractivity contribution is 5.94. The van der Waals surface area contributed by atoms with Gasteiger partial charge in [-0.3, -0.25) is 4.79 Å². The highest BCUT2D eigenvalue weighted by atomic mass is 19.4. The van der Waals surface area contributed by atoms with Gasteiger partial charge in [-0.05, 0) is 30.7 Å². The average Bonchev–Trinajstić information content (AvgIpc) is 2.93. The summed E-state index contributed by atoms with van der Waals surface area (Å²) >= 11 is 0. The fraction of sp³-hybridized carbons (Fsp3) is 0.222. The summed E-state index contributed by atoms with van der Waals surface area (Å²) in [5, 5.41) is 2.48. The van der Waals surface area contributed by atoms with Gasteiger partial charge in [-0.1, -0.05) is 6.07 Å². The molecule has 1 heterocycles. The minimum absolute atomic E-state index is 0.0196. The van der Waals surface area contributed by atoms with Gasteiger partial charge in [0.15, 0.2) is 0 Å². The summed E-state index contributed by atoms with van der Waals surface area (Å²) in [4.78, 5) is 16.4. The van der Waals surface area contributed by atoms with Gasteiger partial charge < -0.3 is 9.88 Å². The number of amides is 1. The maximum Gasteiger partial charge on any atom is 0.422 e. The van der Waals surface area contributed by atoms with Crippen molar-refractivity contribution in [2.45, 2.75) is 19.6 Å². The molecule has 1 amide bonds. The number of benzene rings is 2. The van der Waals surface area contributed by atoms with Crippen molar-refractivity contribution in [3.63, 3.8) is 0 Å². The van der Waals surface area contributed by atoms with E-state index in [-0.39, 0.29) is 6.54 Å². The molecule has 0 aliphatic rings. The first-order chi connectivity index (χ1) is 12.6. The lowest BCUT2D eigenvalue weighted by atomic mass is 10.1. The number of rotatable bonds is 3. The molecule has 0 unspecified atom stereocenters. The van der Waals surface area contributed by atoms with Crippen LogP contribution in [0.3, 0.4) is 0 Å². The molecular weight excluding hydrogens is 369 g/mol. The van der Waals surface area contributed by atoms with Crippen LogP contribution in [0, 0.1) is 18.6 Å². The molecule has 0 aliphatic heterocycles. The summed E-state index contributed by atoms with van der Waals surface area (Å²) in [6, 6.07) is 4.38. The lowest BCUT2D eigenvalue weighted by Gasteiger charge is -2.13. The van der Waals surface area contributed by atoms with Crippen LogP contribution >= 0.6 is 0 Å². The zero-order valence-corrected chi connectivity index (χ0v) is 14.3. The van der Waals surface area contributed by atoms with Gasteiger partial charge in [0, 0.05) is 24.7 Å². The van der Waals surface area contributed by atoms with Gasteiger partial charge in [0.2, 0.25) is 0 Å². The average molecular weight is 383 g/mol. The fourth-order valence-electron chi connectivity index (χ4n) is 2.90. The second-order valence-corrected chi connectivity index (χ2v) is 6.08. The molecule has 142 valence electrons. The lowest BCUT2D eigenvalue weighted by molar-refractivity contribution is -0.142. The van der Waals surface area contributed by atoms with Crippen LogP contribution in [0.15, 0.2) is 30.6 Å². The van der Waals surface area contributed by atoms with Crippen LogP contribution in [0.4, 0.5) is 22.0 Å². The number of alkyl halides is 3. The normalized spacial score (nSPS) is 11.8. The Bertz CT molecular complexity index is 1020. The number of hydrogen-bond acceptors (Lipinski definition) is 2. The smallest absolute Gasteiger partial charge is 0.348 e. The van der Waals surface area contributed by atoms with E-state index in [1.165, 1.54) is 0 Å². The van der Waals surface area contributed by atoms with Crippen LogP contribution < -0.4 is 5.32 Å². The van der Waals surface area contributed by atoms with E-state index in [1.807, 2.05) is 19.1 Å². The van der Waals surface area contributed by atoms with Crippen molar-refractivity contribution in [1.82, 2.24) is 14.9 Å². The number of hydrogen-bond donors (Lipinski definition) is 1. The summed E-state index contributed by atoms with van der Waals surface area (Å²) in [5.74, 6) is -4.56. The molecule has 4 nitrogen and oxygen atoms in total. The Labute approximate surface area is 150 Å². The monoisotopic (exact) mass is 383 g/mol. The quantitative estimate of drug-likeness (QED) is 0.692. The topological polar surface area (TPSA) is 46.9 Å². The highest BCUT2D eigenvalue weighted by Gasteiger charge is 2.38. The van der Waals surface area contributed by atoms with E-state index in [4.69, 9.17) is 0 Å². The van der Waals surface area contributed by atoms with Crippen molar-refractivity contribution < 1.29 is 26.7 Å². The molecular formula is C18H14F5N3O. The standard InChI is InChI=1S/C18H14F5N3O/c1-9-3-4-14-16(26(2)8-25-14)11(9)7-24-17(27)10-5-12(19)15(13(20)6-10)18(21,22)23/h3-6,8H,7H2,1-2H3,(H,24,27). The third kappa shape index (κ3) is 3.49. The van der Waals surface area contributed by atoms with Gasteiger partial charge >= 0.3 is 6.18 Å². The molecule has 1 aromatic heterocycles. The number of fused-ring (bicyclic) bond motifs is 1. The first-order valence-corrected chi connectivity index (χ1v) is 7.83. The first-order valence-electron chi connectivity index (χ1n) is 7.83. The third-order valence-electron chi connectivity index (χ3n) is 4.23. The van der Waals surface area contributed by atoms with Crippen LogP contribution in [-0.4, -0.2) is 15.5 Å². The van der Waals surface area contributed by atoms with Gasteiger partial charge in [0.05, 0.1) is 17.4 Å². The molecule has 1 N–H and O–H groups in total. The molecule has 0 atom stereocenters. The van der Waals surface area contributed by atoms with Gasteiger partial charge in [-0.15, -0.1) is 0 Å². The van der Waals surface area contributed by atoms with Crippen molar-refractivity contribution >= 4 is 16.9 Å². The van der Waals surface area contributed by atoms with Crippen molar-refractivity contribution in [3.8, 4) is 0 Å². The molecule has 0 aliphatic carbocycles. The van der Waals surface area contributed by atoms with E-state index in [0.29, 0.717) is 17.6 Å². The molecule has 9 heteroatoms. The molecule has 0 fully saturated rings. The predicted octanol–water partition coefficient (Wildman–Crippen LogP) is 4.11. The van der Waals surface area contributed by atoms with E-state index in [9.17, 15) is 26.7 Å². The Morgan fingerprint density at radius 1 is 1.19 bits per heavy atom. The minimum Gasteiger partial charge on any atom is -0.348 e. The first kappa shape index (κ1) is 18.8. The van der Waals surface area contributed by atoms with Crippen molar-refractivity contribution in [3.05, 3.63) is 64.5 Å². The molecule has 0 saturated heterocycles. The summed E-state index contributed by atoms with van der Waals surface area (Å²) in [5.41, 5.74) is 0.534. The number of nitrogens with zero attached hydrogens (tertiary/aromatic N) is 2. The SMILES string of the molecule is Cc1ccc2ncn(C)c2c1CNC(=O)c1cc(F)c(C(F)(F)F)c(F)c1. The summed E-state index contributed by atoms with van der Waals surface area (Å²) < 4.78 is 67.0. The number of imidazole rings is 1. The van der Waals surface area contributed by atoms with E-state index in [0.717, 1.165) is 16.6 Å². The lowest BCUT2D eigenvalue weighted by Crippen LogP contribution is -2.24. The minimum atomic E-state index is -5.19. The third-order valence-corrected chi connectivity index (χ3v) is 4.23. The molecule has 0 bridgehead atoms. The summed E-state index contributed by atoms with van der Waals surface area (Å²) in [7, 11) is 1.78. The second kappa shape index (κ2) is 6.64.